The minimum Gasteiger partial charge on any atom is -0.870 e. The third kappa shape index (κ3) is 12.0. The van der Waals surface area contributed by atoms with Crippen molar-refractivity contribution in [3.63, 3.8) is 0 Å². The maximum atomic E-state index is 13.1. The molecule has 2 aliphatic rings. The van der Waals surface area contributed by atoms with Gasteiger partial charge in [-0.3, -0.25) is 0 Å². The summed E-state index contributed by atoms with van der Waals surface area (Å²) in [5, 5.41) is 9.23. The molecule has 292 valence electrons. The summed E-state index contributed by atoms with van der Waals surface area (Å²) in [7, 11) is 3.31. The van der Waals surface area contributed by atoms with E-state index in [1.165, 1.54) is 24.3 Å². The Morgan fingerprint density at radius 3 is 1.54 bits per heavy atom. The second-order valence-electron chi connectivity index (χ2n) is 12.8. The van der Waals surface area contributed by atoms with Crippen LogP contribution >= 0.6 is 11.6 Å². The Hall–Kier alpha value is -4.07. The number of hydrogen-bond acceptors (Lipinski definition) is 7. The van der Waals surface area contributed by atoms with Gasteiger partial charge < -0.3 is 33.9 Å². The van der Waals surface area contributed by atoms with E-state index >= 15 is 0 Å². The van der Waals surface area contributed by atoms with E-state index in [0.29, 0.717) is 25.1 Å². The number of ether oxygens (including phenoxy) is 3. The van der Waals surface area contributed by atoms with E-state index in [9.17, 15) is 13.9 Å². The first-order valence-electron chi connectivity index (χ1n) is 17.5. The van der Waals surface area contributed by atoms with E-state index in [4.69, 9.17) is 30.8 Å². The largest absolute Gasteiger partial charge is 1.00 e. The minimum atomic E-state index is -0.242. The van der Waals surface area contributed by atoms with Gasteiger partial charge in [0.1, 0.15) is 34.8 Å². The van der Waals surface area contributed by atoms with Crippen LogP contribution in [0.15, 0.2) is 109 Å². The van der Waals surface area contributed by atoms with Crippen LogP contribution in [0.1, 0.15) is 55.1 Å². The molecule has 6 aromatic rings. The van der Waals surface area contributed by atoms with Crippen molar-refractivity contribution in [2.45, 2.75) is 57.7 Å². The number of fused-ring (bicyclic) bond motifs is 2. The van der Waals surface area contributed by atoms with E-state index in [0.717, 1.165) is 82.5 Å². The van der Waals surface area contributed by atoms with E-state index in [-0.39, 0.29) is 66.7 Å². The molecule has 0 unspecified atom stereocenters. The Labute approximate surface area is 354 Å². The molecule has 2 atom stereocenters. The van der Waals surface area contributed by atoms with E-state index in [2.05, 4.69) is 15.7 Å². The van der Waals surface area contributed by atoms with Crippen LogP contribution in [0.3, 0.4) is 0 Å². The van der Waals surface area contributed by atoms with E-state index in [1.54, 1.807) is 38.5 Å². The zero-order chi connectivity index (χ0) is 37.2. The van der Waals surface area contributed by atoms with Crippen molar-refractivity contribution < 1.29 is 63.1 Å². The summed E-state index contributed by atoms with van der Waals surface area (Å²) in [6.45, 7) is 1.37. The molecule has 0 saturated heterocycles. The molecule has 9 nitrogen and oxygen atoms in total. The molecule has 2 aromatic heterocycles. The van der Waals surface area contributed by atoms with Crippen molar-refractivity contribution in [2.24, 2.45) is 0 Å². The van der Waals surface area contributed by atoms with Gasteiger partial charge in [0.2, 0.25) is 0 Å². The first kappa shape index (κ1) is 46.3. The summed E-state index contributed by atoms with van der Waals surface area (Å²) >= 11 is 5.58. The molecule has 0 amide bonds. The number of methoxy groups -OCH3 is 2. The smallest absolute Gasteiger partial charge is 0.870 e. The molecule has 0 bridgehead atoms. The van der Waals surface area contributed by atoms with Crippen molar-refractivity contribution in [1.82, 2.24) is 19.1 Å². The van der Waals surface area contributed by atoms with Gasteiger partial charge >= 0.3 is 29.6 Å². The predicted molar refractivity (Wildman–Crippen MR) is 211 cm³/mol. The molecule has 2 N–H and O–H groups in total. The van der Waals surface area contributed by atoms with Gasteiger partial charge in [-0.15, -0.1) is 11.6 Å². The number of aromatic nitrogens is 4. The number of benzene rings is 4. The average Bonchev–Trinajstić information content (AvgIpc) is 3.99. The fraction of sp³-hybridized carbons (Fsp3) is 0.302. The number of aryl methyl sites for hydroxylation is 2. The zero-order valence-electron chi connectivity index (χ0n) is 31.2. The molecular formula is C43H48ClF2N4NaO5. The average molecular weight is 797 g/mol. The molecule has 0 radical (unpaired) electrons. The number of hydrogen-bond donors (Lipinski definition) is 1. The number of nitrogens with zero attached hydrogens (tertiary/aromatic N) is 4. The van der Waals surface area contributed by atoms with Crippen LogP contribution < -0.4 is 39.0 Å². The number of aliphatic hydroxyl groups excluding tert-OH is 1. The molecule has 56 heavy (non-hydrogen) atoms. The van der Waals surface area contributed by atoms with Gasteiger partial charge in [0.05, 0.1) is 57.5 Å². The first-order valence-corrected chi connectivity index (χ1v) is 18.1. The van der Waals surface area contributed by atoms with Gasteiger partial charge in [0, 0.05) is 42.2 Å². The minimum absolute atomic E-state index is 0. The second kappa shape index (κ2) is 22.6. The number of imidazole rings is 2. The zero-order valence-corrected chi connectivity index (χ0v) is 34.0. The molecule has 8 rings (SSSR count). The van der Waals surface area contributed by atoms with Crippen molar-refractivity contribution in [3.05, 3.63) is 144 Å². The van der Waals surface area contributed by atoms with Gasteiger partial charge in [-0.05, 0) is 96.8 Å². The standard InChI is InChI=1S/C21H21FN2O2.C13H13FN2O.C8H9ClO.CH4.Na.H2O/c1-25-19-9-2-15(3-10-19)13-26-14-18-8-11-21-23-20(12-24(18)21)16-4-6-17(22)7-5-16;14-10-3-1-9(2-4-10)12-7-16-11(8-17)5-6-13(16)15-12;1-10-8-4-2-7(6-9)3-5-8;;;/h2-7,9-10,12,18H,8,11,13-14H2,1H3;1-4,7,11,17H,5-6,8H2;2-5H,6H2,1H3;1H4;;1H2/q;;;;+1;/p-1/t18-;11-;;;;/m11..../s1. The van der Waals surface area contributed by atoms with Crippen molar-refractivity contribution >= 4 is 11.6 Å². The third-order valence-electron chi connectivity index (χ3n) is 9.35. The number of alkyl halides is 1. The maximum Gasteiger partial charge on any atom is 1.00 e. The summed E-state index contributed by atoms with van der Waals surface area (Å²) in [6, 6.07) is 28.8. The van der Waals surface area contributed by atoms with Crippen LogP contribution in [0.5, 0.6) is 11.5 Å². The Morgan fingerprint density at radius 1 is 0.679 bits per heavy atom. The molecular weight excluding hydrogens is 749 g/mol. The molecule has 0 spiro atoms. The number of aliphatic hydroxyl groups is 1. The second-order valence-corrected chi connectivity index (χ2v) is 13.1. The van der Waals surface area contributed by atoms with E-state index in [1.807, 2.05) is 59.3 Å². The summed E-state index contributed by atoms with van der Waals surface area (Å²) in [4.78, 5) is 9.22. The fourth-order valence-corrected chi connectivity index (χ4v) is 6.53. The molecule has 4 aromatic carbocycles. The Morgan fingerprint density at radius 2 is 1.11 bits per heavy atom. The van der Waals surface area contributed by atoms with Crippen molar-refractivity contribution in [1.29, 1.82) is 0 Å². The van der Waals surface area contributed by atoms with Gasteiger partial charge in [0.25, 0.3) is 0 Å². The van der Waals surface area contributed by atoms with Crippen LogP contribution in [0.4, 0.5) is 8.78 Å². The SMILES string of the molecule is C.COc1ccc(CCl)cc1.COc1ccc(COC[C@H]2CCc3nc(-c4ccc(F)cc4)cn32)cc1.OC[C@H]1CCc2nc(-c3ccc(F)cc3)cn21.[Na+].[OH-]. The van der Waals surface area contributed by atoms with Gasteiger partial charge in [-0.1, -0.05) is 31.7 Å². The first-order chi connectivity index (χ1) is 25.9. The normalized spacial score (nSPS) is 14.6. The van der Waals surface area contributed by atoms with Crippen molar-refractivity contribution in [3.8, 4) is 34.0 Å². The maximum absolute atomic E-state index is 13.1. The molecule has 4 heterocycles. The summed E-state index contributed by atoms with van der Waals surface area (Å²) in [5.41, 5.74) is 5.82. The van der Waals surface area contributed by atoms with E-state index < -0.39 is 0 Å². The fourth-order valence-electron chi connectivity index (χ4n) is 6.35. The predicted octanol–water partition coefficient (Wildman–Crippen LogP) is 6.47. The molecule has 0 aliphatic carbocycles. The Bertz CT molecular complexity index is 2020. The Kier molecular flexibility index (Phi) is 18.7. The summed E-state index contributed by atoms with van der Waals surface area (Å²) < 4.78 is 46.2. The van der Waals surface area contributed by atoms with Gasteiger partial charge in [-0.2, -0.15) is 0 Å². The van der Waals surface area contributed by atoms with Crippen LogP contribution in [-0.4, -0.2) is 57.1 Å². The monoisotopic (exact) mass is 796 g/mol. The molecule has 2 aliphatic heterocycles. The van der Waals surface area contributed by atoms with Crippen LogP contribution in [0.25, 0.3) is 22.5 Å². The van der Waals surface area contributed by atoms with Gasteiger partial charge in [0.15, 0.2) is 0 Å². The quantitative estimate of drug-likeness (QED) is 0.125. The van der Waals surface area contributed by atoms with Gasteiger partial charge in [-0.25, -0.2) is 18.7 Å². The van der Waals surface area contributed by atoms with Crippen LogP contribution in [-0.2, 0) is 30.1 Å². The third-order valence-corrected chi connectivity index (χ3v) is 9.66. The van der Waals surface area contributed by atoms with Crippen LogP contribution in [0.2, 0.25) is 0 Å². The summed E-state index contributed by atoms with van der Waals surface area (Å²) in [6.07, 6.45) is 7.81. The van der Waals surface area contributed by atoms with Crippen LogP contribution in [0, 0.1) is 11.6 Å². The summed E-state index contributed by atoms with van der Waals surface area (Å²) in [5.74, 6) is 3.88. The Balaban J connectivity index is 0.000000242. The van der Waals surface area contributed by atoms with Crippen molar-refractivity contribution in [2.75, 3.05) is 27.4 Å². The number of rotatable bonds is 10. The number of halogens is 3. The molecule has 13 heteroatoms. The molecule has 0 fully saturated rings. The molecule has 0 saturated carbocycles. The topological polar surface area (TPSA) is 114 Å².